The first kappa shape index (κ1) is 31.9. The van der Waals surface area contributed by atoms with Crippen LogP contribution in [-0.2, 0) is 19.1 Å². The van der Waals surface area contributed by atoms with E-state index in [0.29, 0.717) is 55.0 Å². The number of aryl methyl sites for hydroxylation is 1. The lowest BCUT2D eigenvalue weighted by molar-refractivity contribution is -0.144. The molecular formula is C35H42ClN3O5. The minimum atomic E-state index is -1.18. The number of aliphatic hydroxyl groups is 1. The fraction of sp³-hybridized carbons (Fsp3) is 0.457. The minimum absolute atomic E-state index is 0.0540. The van der Waals surface area contributed by atoms with Crippen LogP contribution < -0.4 is 9.80 Å². The van der Waals surface area contributed by atoms with Crippen molar-refractivity contribution in [3.63, 3.8) is 0 Å². The van der Waals surface area contributed by atoms with Crippen molar-refractivity contribution in [2.75, 3.05) is 36.0 Å². The molecule has 1 N–H and O–H groups in total. The van der Waals surface area contributed by atoms with E-state index in [1.807, 2.05) is 56.3 Å². The van der Waals surface area contributed by atoms with Crippen LogP contribution in [-0.4, -0.2) is 71.2 Å². The Hall–Kier alpha value is -3.46. The Morgan fingerprint density at radius 3 is 2.39 bits per heavy atom. The first-order valence-electron chi connectivity index (χ1n) is 15.4. The smallest absolute Gasteiger partial charge is 0.253 e. The highest BCUT2D eigenvalue weighted by molar-refractivity contribution is 6.34. The molecule has 0 radical (unpaired) electrons. The summed E-state index contributed by atoms with van der Waals surface area (Å²) < 4.78 is 6.87. The molecule has 3 heterocycles. The zero-order chi connectivity index (χ0) is 31.6. The van der Waals surface area contributed by atoms with E-state index in [9.17, 15) is 19.5 Å². The quantitative estimate of drug-likeness (QED) is 0.242. The second-order valence-corrected chi connectivity index (χ2v) is 12.7. The largest absolute Gasteiger partial charge is 0.396 e. The van der Waals surface area contributed by atoms with Crippen molar-refractivity contribution in [3.05, 3.63) is 84.4 Å². The summed E-state index contributed by atoms with van der Waals surface area (Å²) in [4.78, 5) is 48.8. The number of halogens is 1. The van der Waals surface area contributed by atoms with Crippen LogP contribution in [0.3, 0.4) is 0 Å². The Bertz CT molecular complexity index is 1410. The molecule has 3 saturated heterocycles. The summed E-state index contributed by atoms with van der Waals surface area (Å²) in [7, 11) is 0. The van der Waals surface area contributed by atoms with Gasteiger partial charge in [-0.25, -0.2) is 0 Å². The molecule has 2 aromatic carbocycles. The number of rotatable bonds is 13. The van der Waals surface area contributed by atoms with Crippen molar-refractivity contribution in [2.45, 2.75) is 63.2 Å². The lowest BCUT2D eigenvalue weighted by Crippen LogP contribution is -2.57. The molecule has 2 aromatic rings. The Kier molecular flexibility index (Phi) is 9.35. The third-order valence-corrected chi connectivity index (χ3v) is 9.82. The fourth-order valence-electron chi connectivity index (χ4n) is 7.65. The number of likely N-dealkylation sites (tertiary alicyclic amines) is 1. The van der Waals surface area contributed by atoms with E-state index in [-0.39, 0.29) is 37.4 Å². The van der Waals surface area contributed by atoms with Gasteiger partial charge in [0, 0.05) is 31.9 Å². The van der Waals surface area contributed by atoms with Gasteiger partial charge in [0.1, 0.15) is 11.6 Å². The molecule has 3 amide bonds. The van der Waals surface area contributed by atoms with Gasteiger partial charge in [0.05, 0.1) is 28.1 Å². The number of benzene rings is 2. The number of aliphatic hydroxyl groups excluding tert-OH is 1. The maximum atomic E-state index is 14.8. The molecule has 5 rings (SSSR count). The highest BCUT2D eigenvalue weighted by Crippen LogP contribution is 2.63. The maximum Gasteiger partial charge on any atom is 0.253 e. The third kappa shape index (κ3) is 5.27. The van der Waals surface area contributed by atoms with Crippen LogP contribution in [0.25, 0.3) is 0 Å². The Labute approximate surface area is 264 Å². The standard InChI is InChI=1S/C35H42ClN3O5/c1-5-20-37(25-15-9-7-10-16-25)31(41)27-28-32(42)39(22-11-8-12-23-40)30(35(28)19-18-34(27,4)44-35)33(43)38(21-6-2)29-24(3)14-13-17-26(29)36/h5-7,9-10,13-17,27-28,30,40H,1-2,8,11-12,18-23H2,3-4H3/t27-,28-,30?,34+,35?/m0/s1. The molecule has 2 unspecified atom stereocenters. The predicted molar refractivity (Wildman–Crippen MR) is 173 cm³/mol. The molecule has 234 valence electrons. The first-order valence-corrected chi connectivity index (χ1v) is 15.8. The number of para-hydroxylation sites is 2. The molecule has 44 heavy (non-hydrogen) atoms. The number of carbonyl (C=O) groups is 3. The zero-order valence-electron chi connectivity index (χ0n) is 25.6. The summed E-state index contributed by atoms with van der Waals surface area (Å²) in [5.74, 6) is -2.36. The molecule has 0 aromatic heterocycles. The number of nitrogens with zero attached hydrogens (tertiary/aromatic N) is 3. The fourth-order valence-corrected chi connectivity index (χ4v) is 7.98. The number of fused-ring (bicyclic) bond motifs is 1. The summed E-state index contributed by atoms with van der Waals surface area (Å²) in [5, 5.41) is 9.78. The van der Waals surface area contributed by atoms with Crippen molar-refractivity contribution >= 4 is 40.7 Å². The summed E-state index contributed by atoms with van der Waals surface area (Å²) in [6.07, 6.45) is 6.23. The molecule has 0 saturated carbocycles. The van der Waals surface area contributed by atoms with E-state index in [4.69, 9.17) is 16.3 Å². The van der Waals surface area contributed by atoms with Gasteiger partial charge in [-0.2, -0.15) is 0 Å². The Morgan fingerprint density at radius 2 is 1.73 bits per heavy atom. The van der Waals surface area contributed by atoms with E-state index in [1.165, 1.54) is 0 Å². The zero-order valence-corrected chi connectivity index (χ0v) is 26.3. The van der Waals surface area contributed by atoms with E-state index < -0.39 is 29.1 Å². The molecule has 2 bridgehead atoms. The number of amides is 3. The number of hydrogen-bond acceptors (Lipinski definition) is 5. The maximum absolute atomic E-state index is 14.8. The number of anilines is 2. The average Bonchev–Trinajstić information content (AvgIpc) is 3.57. The van der Waals surface area contributed by atoms with E-state index in [2.05, 4.69) is 13.2 Å². The third-order valence-electron chi connectivity index (χ3n) is 9.52. The van der Waals surface area contributed by atoms with Gasteiger partial charge in [0.25, 0.3) is 5.91 Å². The summed E-state index contributed by atoms with van der Waals surface area (Å²) in [6.45, 7) is 12.4. The average molecular weight is 620 g/mol. The van der Waals surface area contributed by atoms with Crippen molar-refractivity contribution in [1.29, 1.82) is 0 Å². The molecule has 3 aliphatic heterocycles. The number of hydrogen-bond donors (Lipinski definition) is 1. The lowest BCUT2D eigenvalue weighted by Gasteiger charge is -2.37. The molecule has 1 spiro atoms. The highest BCUT2D eigenvalue weighted by atomic mass is 35.5. The van der Waals surface area contributed by atoms with Crippen LogP contribution in [0.4, 0.5) is 11.4 Å². The Balaban J connectivity index is 1.59. The first-order chi connectivity index (χ1) is 21.1. The SMILES string of the molecule is C=CCN(C(=O)[C@@H]1[C@H]2C(=O)N(CCCCCO)C(C(=O)N(CC=C)c3c(C)cccc3Cl)C23CC[C@@]1(C)O3)c1ccccc1. The number of carbonyl (C=O) groups excluding carboxylic acids is 3. The summed E-state index contributed by atoms with van der Waals surface area (Å²) in [6, 6.07) is 13.9. The monoisotopic (exact) mass is 619 g/mol. The second kappa shape index (κ2) is 12.9. The number of ether oxygens (including phenoxy) is 1. The summed E-state index contributed by atoms with van der Waals surface area (Å²) in [5.41, 5.74) is 0.00431. The molecule has 3 fully saturated rings. The van der Waals surface area contributed by atoms with Gasteiger partial charge < -0.3 is 24.5 Å². The molecule has 8 nitrogen and oxygen atoms in total. The number of unbranched alkanes of at least 4 members (excludes halogenated alkanes) is 2. The van der Waals surface area contributed by atoms with Crippen LogP contribution >= 0.6 is 11.6 Å². The van der Waals surface area contributed by atoms with Crippen LogP contribution in [0.2, 0.25) is 5.02 Å². The lowest BCUT2D eigenvalue weighted by atomic mass is 9.66. The van der Waals surface area contributed by atoms with Crippen LogP contribution in [0, 0.1) is 18.8 Å². The molecule has 3 aliphatic rings. The van der Waals surface area contributed by atoms with Gasteiger partial charge in [-0.05, 0) is 69.7 Å². The van der Waals surface area contributed by atoms with Gasteiger partial charge in [0.15, 0.2) is 0 Å². The van der Waals surface area contributed by atoms with Crippen LogP contribution in [0.1, 0.15) is 44.6 Å². The van der Waals surface area contributed by atoms with Gasteiger partial charge in [-0.3, -0.25) is 14.4 Å². The van der Waals surface area contributed by atoms with Gasteiger partial charge in [0.2, 0.25) is 11.8 Å². The van der Waals surface area contributed by atoms with E-state index in [0.717, 1.165) is 5.56 Å². The van der Waals surface area contributed by atoms with Crippen molar-refractivity contribution in [3.8, 4) is 0 Å². The highest BCUT2D eigenvalue weighted by Gasteiger charge is 2.78. The van der Waals surface area contributed by atoms with Crippen molar-refractivity contribution in [2.24, 2.45) is 11.8 Å². The minimum Gasteiger partial charge on any atom is -0.396 e. The van der Waals surface area contributed by atoms with Crippen molar-refractivity contribution < 1.29 is 24.2 Å². The van der Waals surface area contributed by atoms with E-state index in [1.54, 1.807) is 32.9 Å². The molecular weight excluding hydrogens is 578 g/mol. The van der Waals surface area contributed by atoms with Gasteiger partial charge in [-0.1, -0.05) is 54.1 Å². The Morgan fingerprint density at radius 1 is 1.02 bits per heavy atom. The molecule has 9 heteroatoms. The van der Waals surface area contributed by atoms with Crippen LogP contribution in [0.5, 0.6) is 0 Å². The van der Waals surface area contributed by atoms with Crippen LogP contribution in [0.15, 0.2) is 73.8 Å². The van der Waals surface area contributed by atoms with Gasteiger partial charge in [-0.15, -0.1) is 13.2 Å². The predicted octanol–water partition coefficient (Wildman–Crippen LogP) is 5.31. The van der Waals surface area contributed by atoms with E-state index >= 15 is 0 Å². The summed E-state index contributed by atoms with van der Waals surface area (Å²) >= 11 is 6.67. The molecule has 5 atom stereocenters. The second-order valence-electron chi connectivity index (χ2n) is 12.3. The van der Waals surface area contributed by atoms with Gasteiger partial charge >= 0.3 is 0 Å². The van der Waals surface area contributed by atoms with Crippen molar-refractivity contribution in [1.82, 2.24) is 4.90 Å². The normalized spacial score (nSPS) is 26.9. The molecule has 0 aliphatic carbocycles. The topological polar surface area (TPSA) is 90.4 Å².